The molecule has 13 heteroatoms. The summed E-state index contributed by atoms with van der Waals surface area (Å²) in [7, 11) is 0. The van der Waals surface area contributed by atoms with Crippen LogP contribution in [-0.4, -0.2) is 80.4 Å². The lowest BCUT2D eigenvalue weighted by Gasteiger charge is -2.26. The Hall–Kier alpha value is -4.49. The van der Waals surface area contributed by atoms with Crippen molar-refractivity contribution in [2.45, 2.75) is 56.5 Å². The number of rotatable bonds is 14. The van der Waals surface area contributed by atoms with E-state index in [1.807, 2.05) is 0 Å². The SMILES string of the molecule is CC(O)C(NC(=O)C(Cc1ccccc1)NC(=O)C(N)CC(=O)O)C(=O)NC(Cc1ccc(O)cc1)C(=O)O. The molecule has 5 unspecified atom stereocenters. The molecule has 3 amide bonds. The number of carbonyl (C=O) groups is 5. The van der Waals surface area contributed by atoms with Crippen LogP contribution >= 0.6 is 0 Å². The monoisotopic (exact) mass is 544 g/mol. The predicted octanol–water partition coefficient (Wildman–Crippen LogP) is -1.10. The van der Waals surface area contributed by atoms with E-state index >= 15 is 0 Å². The number of nitrogens with one attached hydrogen (secondary N) is 3. The maximum atomic E-state index is 13.2. The van der Waals surface area contributed by atoms with Crippen molar-refractivity contribution in [3.8, 4) is 5.75 Å². The minimum absolute atomic E-state index is 0.0207. The van der Waals surface area contributed by atoms with Crippen LogP contribution in [0.15, 0.2) is 54.6 Å². The Labute approximate surface area is 224 Å². The highest BCUT2D eigenvalue weighted by molar-refractivity contribution is 5.95. The van der Waals surface area contributed by atoms with Crippen LogP contribution in [0, 0.1) is 0 Å². The first kappa shape index (κ1) is 30.7. The lowest BCUT2D eigenvalue weighted by atomic mass is 10.0. The minimum atomic E-state index is -1.60. The Kier molecular flexibility index (Phi) is 11.4. The maximum absolute atomic E-state index is 13.2. The topological polar surface area (TPSA) is 228 Å². The number of benzene rings is 2. The average molecular weight is 545 g/mol. The largest absolute Gasteiger partial charge is 0.508 e. The summed E-state index contributed by atoms with van der Waals surface area (Å²) in [6.07, 6.45) is -2.33. The number of aliphatic hydroxyl groups excluding tert-OH is 1. The van der Waals surface area contributed by atoms with Crippen LogP contribution in [0.5, 0.6) is 5.75 Å². The van der Waals surface area contributed by atoms with Crippen molar-refractivity contribution in [3.05, 3.63) is 65.7 Å². The molecular weight excluding hydrogens is 512 g/mol. The third-order valence-electron chi connectivity index (χ3n) is 5.70. The summed E-state index contributed by atoms with van der Waals surface area (Å²) < 4.78 is 0. The highest BCUT2D eigenvalue weighted by atomic mass is 16.4. The molecule has 0 aliphatic carbocycles. The van der Waals surface area contributed by atoms with Crippen LogP contribution in [0.4, 0.5) is 0 Å². The summed E-state index contributed by atoms with van der Waals surface area (Å²) >= 11 is 0. The van der Waals surface area contributed by atoms with Crippen LogP contribution in [0.25, 0.3) is 0 Å². The van der Waals surface area contributed by atoms with Gasteiger partial charge in [-0.2, -0.15) is 0 Å². The Morgan fingerprint density at radius 2 is 1.31 bits per heavy atom. The molecule has 0 aliphatic rings. The number of carboxylic acid groups (broad SMARTS) is 2. The zero-order valence-electron chi connectivity index (χ0n) is 21.1. The van der Waals surface area contributed by atoms with Crippen molar-refractivity contribution in [1.29, 1.82) is 0 Å². The number of nitrogens with two attached hydrogens (primary N) is 1. The quantitative estimate of drug-likeness (QED) is 0.143. The molecule has 5 atom stereocenters. The van der Waals surface area contributed by atoms with Gasteiger partial charge in [0.2, 0.25) is 17.7 Å². The van der Waals surface area contributed by atoms with Gasteiger partial charge >= 0.3 is 11.9 Å². The van der Waals surface area contributed by atoms with Crippen molar-refractivity contribution in [2.24, 2.45) is 5.73 Å². The molecule has 39 heavy (non-hydrogen) atoms. The fourth-order valence-corrected chi connectivity index (χ4v) is 3.61. The molecule has 0 bridgehead atoms. The molecule has 0 aromatic heterocycles. The number of phenolic OH excluding ortho intramolecular Hbond substituents is 1. The maximum Gasteiger partial charge on any atom is 0.326 e. The van der Waals surface area contributed by atoms with Crippen LogP contribution < -0.4 is 21.7 Å². The molecule has 2 rings (SSSR count). The van der Waals surface area contributed by atoms with E-state index in [9.17, 15) is 39.3 Å². The smallest absolute Gasteiger partial charge is 0.326 e. The van der Waals surface area contributed by atoms with Gasteiger partial charge in [-0.1, -0.05) is 42.5 Å². The van der Waals surface area contributed by atoms with Crippen molar-refractivity contribution in [2.75, 3.05) is 0 Å². The van der Waals surface area contributed by atoms with Gasteiger partial charge in [-0.3, -0.25) is 19.2 Å². The van der Waals surface area contributed by atoms with Crippen molar-refractivity contribution in [1.82, 2.24) is 16.0 Å². The van der Waals surface area contributed by atoms with Crippen molar-refractivity contribution >= 4 is 29.7 Å². The highest BCUT2D eigenvalue weighted by Gasteiger charge is 2.33. The van der Waals surface area contributed by atoms with E-state index in [-0.39, 0.29) is 18.6 Å². The summed E-state index contributed by atoms with van der Waals surface area (Å²) in [4.78, 5) is 61.3. The van der Waals surface area contributed by atoms with Gasteiger partial charge < -0.3 is 42.1 Å². The van der Waals surface area contributed by atoms with E-state index in [4.69, 9.17) is 10.8 Å². The number of aliphatic carboxylic acids is 2. The third kappa shape index (κ3) is 10.1. The van der Waals surface area contributed by atoms with E-state index < -0.39 is 66.4 Å². The minimum Gasteiger partial charge on any atom is -0.508 e. The Morgan fingerprint density at radius 1 is 0.769 bits per heavy atom. The molecule has 0 radical (unpaired) electrons. The van der Waals surface area contributed by atoms with E-state index in [0.717, 1.165) is 0 Å². The zero-order valence-corrected chi connectivity index (χ0v) is 21.1. The summed E-state index contributed by atoms with van der Waals surface area (Å²) in [5.74, 6) is -5.49. The van der Waals surface area contributed by atoms with Gasteiger partial charge in [0.15, 0.2) is 0 Å². The fraction of sp³-hybridized carbons (Fsp3) is 0.346. The Morgan fingerprint density at radius 3 is 1.85 bits per heavy atom. The number of hydrogen-bond donors (Lipinski definition) is 8. The first-order valence-corrected chi connectivity index (χ1v) is 12.0. The van der Waals surface area contributed by atoms with Gasteiger partial charge in [0.1, 0.15) is 23.9 Å². The first-order valence-electron chi connectivity index (χ1n) is 12.0. The molecule has 0 saturated carbocycles. The molecule has 0 fully saturated rings. The molecule has 9 N–H and O–H groups in total. The van der Waals surface area contributed by atoms with Crippen LogP contribution in [0.3, 0.4) is 0 Å². The second kappa shape index (κ2) is 14.4. The normalized spacial score (nSPS) is 14.6. The van der Waals surface area contributed by atoms with Crippen LogP contribution in [0.1, 0.15) is 24.5 Å². The summed E-state index contributed by atoms with van der Waals surface area (Å²) in [5, 5.41) is 45.1. The van der Waals surface area contributed by atoms with E-state index in [1.54, 1.807) is 30.3 Å². The lowest BCUT2D eigenvalue weighted by molar-refractivity contribution is -0.143. The Bertz CT molecular complexity index is 1160. The van der Waals surface area contributed by atoms with Gasteiger partial charge in [0, 0.05) is 12.8 Å². The highest BCUT2D eigenvalue weighted by Crippen LogP contribution is 2.12. The number of carbonyl (C=O) groups excluding carboxylic acids is 3. The number of carboxylic acids is 2. The molecule has 0 aliphatic heterocycles. The molecule has 0 spiro atoms. The lowest BCUT2D eigenvalue weighted by Crippen LogP contribution is -2.60. The second-order valence-corrected chi connectivity index (χ2v) is 8.95. The number of amides is 3. The van der Waals surface area contributed by atoms with E-state index in [1.165, 1.54) is 31.2 Å². The van der Waals surface area contributed by atoms with Gasteiger partial charge in [0.25, 0.3) is 0 Å². The molecule has 13 nitrogen and oxygen atoms in total. The molecule has 2 aromatic rings. The molecular formula is C26H32N4O9. The van der Waals surface area contributed by atoms with Crippen LogP contribution in [-0.2, 0) is 36.8 Å². The summed E-state index contributed by atoms with van der Waals surface area (Å²) in [5.41, 5.74) is 6.74. The van der Waals surface area contributed by atoms with Gasteiger partial charge in [-0.15, -0.1) is 0 Å². The van der Waals surface area contributed by atoms with Crippen LogP contribution in [0.2, 0.25) is 0 Å². The van der Waals surface area contributed by atoms with Gasteiger partial charge in [-0.05, 0) is 30.2 Å². The average Bonchev–Trinajstić information content (AvgIpc) is 2.87. The van der Waals surface area contributed by atoms with Gasteiger partial charge in [0.05, 0.1) is 18.6 Å². The van der Waals surface area contributed by atoms with Gasteiger partial charge in [-0.25, -0.2) is 4.79 Å². The number of hydrogen-bond acceptors (Lipinski definition) is 8. The second-order valence-electron chi connectivity index (χ2n) is 8.95. The number of aliphatic hydroxyl groups is 1. The fourth-order valence-electron chi connectivity index (χ4n) is 3.61. The third-order valence-corrected chi connectivity index (χ3v) is 5.70. The molecule has 2 aromatic carbocycles. The van der Waals surface area contributed by atoms with E-state index in [2.05, 4.69) is 16.0 Å². The van der Waals surface area contributed by atoms with Crippen molar-refractivity contribution < 1.29 is 44.4 Å². The number of phenols is 1. The zero-order chi connectivity index (χ0) is 29.1. The standard InChI is InChI=1S/C26H32N4O9/c1-14(31)22(25(37)29-20(26(38)39)12-16-7-9-17(32)10-8-16)30-24(36)19(11-15-5-3-2-4-6-15)28-23(35)18(27)13-21(33)34/h2-10,14,18-20,22,31-32H,11-13,27H2,1H3,(H,28,35)(H,29,37)(H,30,36)(H,33,34)(H,38,39). The molecule has 210 valence electrons. The summed E-state index contributed by atoms with van der Waals surface area (Å²) in [6, 6.07) is 8.43. The predicted molar refractivity (Wildman–Crippen MR) is 137 cm³/mol. The first-order chi connectivity index (χ1) is 18.4. The van der Waals surface area contributed by atoms with E-state index in [0.29, 0.717) is 11.1 Å². The Balaban J connectivity index is 2.19. The van der Waals surface area contributed by atoms with Crippen molar-refractivity contribution in [3.63, 3.8) is 0 Å². The molecule has 0 heterocycles. The summed E-state index contributed by atoms with van der Waals surface area (Å²) in [6.45, 7) is 1.22. The molecule has 0 saturated heterocycles. The number of aromatic hydroxyl groups is 1.